The van der Waals surface area contributed by atoms with Crippen molar-refractivity contribution in [2.24, 2.45) is 5.92 Å². The van der Waals surface area contributed by atoms with Gasteiger partial charge in [-0.2, -0.15) is 0 Å². The second-order valence-corrected chi connectivity index (χ2v) is 7.46. The Kier molecular flexibility index (Phi) is 5.40. The number of aryl methyl sites for hydroxylation is 2. The van der Waals surface area contributed by atoms with E-state index < -0.39 is 0 Å². The van der Waals surface area contributed by atoms with Gasteiger partial charge in [-0.1, -0.05) is 31.0 Å². The number of hydrogen-bond donors (Lipinski definition) is 1. The molecule has 3 rings (SSSR count). The third kappa shape index (κ3) is 4.13. The predicted molar refractivity (Wildman–Crippen MR) is 107 cm³/mol. The Morgan fingerprint density at radius 2 is 1.92 bits per heavy atom. The Balaban J connectivity index is 1.71. The van der Waals surface area contributed by atoms with Crippen molar-refractivity contribution in [1.82, 2.24) is 14.9 Å². The monoisotopic (exact) mass is 349 g/mol. The van der Waals surface area contributed by atoms with Crippen molar-refractivity contribution >= 4 is 16.9 Å². The molecule has 136 valence electrons. The Hall–Kier alpha value is -2.62. The van der Waals surface area contributed by atoms with E-state index in [1.807, 2.05) is 38.2 Å². The Bertz CT molecular complexity index is 904. The molecule has 1 aromatic carbocycles. The van der Waals surface area contributed by atoms with E-state index in [4.69, 9.17) is 0 Å². The molecule has 3 aromatic rings. The third-order valence-corrected chi connectivity index (χ3v) is 4.44. The summed E-state index contributed by atoms with van der Waals surface area (Å²) in [6.07, 6.45) is 4.81. The number of nitrogens with one attached hydrogen (secondary N) is 1. The van der Waals surface area contributed by atoms with Crippen LogP contribution >= 0.6 is 0 Å². The molecule has 0 radical (unpaired) electrons. The van der Waals surface area contributed by atoms with Crippen LogP contribution in [0.3, 0.4) is 0 Å². The fraction of sp³-hybridized carbons (Fsp3) is 0.364. The summed E-state index contributed by atoms with van der Waals surface area (Å²) in [4.78, 5) is 17.0. The van der Waals surface area contributed by atoms with Crippen LogP contribution in [0.5, 0.6) is 0 Å². The summed E-state index contributed by atoms with van der Waals surface area (Å²) in [5, 5.41) is 4.22. The average molecular weight is 349 g/mol. The summed E-state index contributed by atoms with van der Waals surface area (Å²) in [7, 11) is 0. The number of aromatic nitrogens is 2. The van der Waals surface area contributed by atoms with E-state index in [9.17, 15) is 4.79 Å². The van der Waals surface area contributed by atoms with Crippen LogP contribution in [0.15, 0.2) is 42.7 Å². The van der Waals surface area contributed by atoms with E-state index in [0.29, 0.717) is 12.5 Å². The number of amides is 1. The zero-order chi connectivity index (χ0) is 18.7. The van der Waals surface area contributed by atoms with E-state index in [0.717, 1.165) is 35.3 Å². The van der Waals surface area contributed by atoms with Crippen LogP contribution in [0.4, 0.5) is 0 Å². The molecule has 0 saturated carbocycles. The lowest BCUT2D eigenvalue weighted by Crippen LogP contribution is -2.25. The molecule has 4 nitrogen and oxygen atoms in total. The van der Waals surface area contributed by atoms with Crippen LogP contribution in [0.1, 0.15) is 40.9 Å². The standard InChI is InChI=1S/C22H27N3O/c1-15(2)13-25-14-18(20-6-5-8-23-21(20)25)7-9-24-22(26)19-11-16(3)10-17(4)12-19/h5-6,8,10-12,14-15H,7,9,13H2,1-4H3,(H,24,26). The topological polar surface area (TPSA) is 46.9 Å². The summed E-state index contributed by atoms with van der Waals surface area (Å²) >= 11 is 0. The maximum atomic E-state index is 12.4. The van der Waals surface area contributed by atoms with Crippen molar-refractivity contribution in [3.8, 4) is 0 Å². The number of hydrogen-bond acceptors (Lipinski definition) is 2. The van der Waals surface area contributed by atoms with E-state index in [-0.39, 0.29) is 5.91 Å². The minimum Gasteiger partial charge on any atom is -0.352 e. The summed E-state index contributed by atoms with van der Waals surface area (Å²) in [6, 6.07) is 10.0. The first-order valence-electron chi connectivity index (χ1n) is 9.23. The van der Waals surface area contributed by atoms with Crippen molar-refractivity contribution < 1.29 is 4.79 Å². The molecular weight excluding hydrogens is 322 g/mol. The molecular formula is C22H27N3O. The van der Waals surface area contributed by atoms with E-state index >= 15 is 0 Å². The van der Waals surface area contributed by atoms with Gasteiger partial charge in [0.2, 0.25) is 0 Å². The number of carbonyl (C=O) groups is 1. The molecule has 0 bridgehead atoms. The predicted octanol–water partition coefficient (Wildman–Crippen LogP) is 4.28. The minimum absolute atomic E-state index is 0.0131. The summed E-state index contributed by atoms with van der Waals surface area (Å²) in [5.41, 5.74) is 5.20. The van der Waals surface area contributed by atoms with Crippen molar-refractivity contribution in [1.29, 1.82) is 0 Å². The normalized spacial score (nSPS) is 11.3. The number of pyridine rings is 1. The lowest BCUT2D eigenvalue weighted by atomic mass is 10.1. The van der Waals surface area contributed by atoms with E-state index in [2.05, 4.69) is 47.0 Å². The largest absolute Gasteiger partial charge is 0.352 e. The first-order valence-corrected chi connectivity index (χ1v) is 9.23. The summed E-state index contributed by atoms with van der Waals surface area (Å²) in [6.45, 7) is 10.0. The lowest BCUT2D eigenvalue weighted by Gasteiger charge is -2.07. The number of benzene rings is 1. The van der Waals surface area contributed by atoms with Crippen LogP contribution in [-0.4, -0.2) is 22.0 Å². The molecule has 0 aliphatic heterocycles. The van der Waals surface area contributed by atoms with E-state index in [1.165, 1.54) is 10.9 Å². The molecule has 2 aromatic heterocycles. The molecule has 0 aliphatic carbocycles. The second-order valence-electron chi connectivity index (χ2n) is 7.46. The van der Waals surface area contributed by atoms with Gasteiger partial charge in [0.15, 0.2) is 0 Å². The molecule has 2 heterocycles. The maximum Gasteiger partial charge on any atom is 0.251 e. The van der Waals surface area contributed by atoms with Crippen molar-refractivity contribution in [2.45, 2.75) is 40.7 Å². The molecule has 0 atom stereocenters. The smallest absolute Gasteiger partial charge is 0.251 e. The Morgan fingerprint density at radius 1 is 1.19 bits per heavy atom. The second kappa shape index (κ2) is 7.73. The van der Waals surface area contributed by atoms with Gasteiger partial charge in [0, 0.05) is 36.4 Å². The number of fused-ring (bicyclic) bond motifs is 1. The minimum atomic E-state index is -0.0131. The van der Waals surface area contributed by atoms with Crippen molar-refractivity contribution in [3.05, 3.63) is 65.0 Å². The highest BCUT2D eigenvalue weighted by molar-refractivity contribution is 5.94. The van der Waals surface area contributed by atoms with Gasteiger partial charge in [0.25, 0.3) is 5.91 Å². The molecule has 26 heavy (non-hydrogen) atoms. The van der Waals surface area contributed by atoms with Crippen molar-refractivity contribution in [2.75, 3.05) is 6.54 Å². The fourth-order valence-electron chi connectivity index (χ4n) is 3.45. The van der Waals surface area contributed by atoms with Gasteiger partial charge >= 0.3 is 0 Å². The van der Waals surface area contributed by atoms with Crippen LogP contribution in [0.25, 0.3) is 11.0 Å². The highest BCUT2D eigenvalue weighted by Crippen LogP contribution is 2.21. The quantitative estimate of drug-likeness (QED) is 0.722. The van der Waals surface area contributed by atoms with E-state index in [1.54, 1.807) is 0 Å². The van der Waals surface area contributed by atoms with Gasteiger partial charge in [-0.3, -0.25) is 4.79 Å². The van der Waals surface area contributed by atoms with Gasteiger partial charge in [-0.15, -0.1) is 0 Å². The summed E-state index contributed by atoms with van der Waals surface area (Å²) < 4.78 is 2.22. The van der Waals surface area contributed by atoms with Crippen LogP contribution in [0, 0.1) is 19.8 Å². The Labute approximate surface area is 155 Å². The van der Waals surface area contributed by atoms with Crippen LogP contribution in [0.2, 0.25) is 0 Å². The van der Waals surface area contributed by atoms with Gasteiger partial charge in [-0.05, 0) is 56.0 Å². The zero-order valence-corrected chi connectivity index (χ0v) is 16.0. The third-order valence-electron chi connectivity index (χ3n) is 4.44. The molecule has 1 amide bonds. The number of nitrogens with zero attached hydrogens (tertiary/aromatic N) is 2. The molecule has 4 heteroatoms. The molecule has 1 N–H and O–H groups in total. The maximum absolute atomic E-state index is 12.4. The van der Waals surface area contributed by atoms with Crippen molar-refractivity contribution in [3.63, 3.8) is 0 Å². The molecule has 0 saturated heterocycles. The van der Waals surface area contributed by atoms with Crippen LogP contribution in [-0.2, 0) is 13.0 Å². The van der Waals surface area contributed by atoms with Crippen LogP contribution < -0.4 is 5.32 Å². The highest BCUT2D eigenvalue weighted by Gasteiger charge is 2.11. The van der Waals surface area contributed by atoms with Gasteiger partial charge < -0.3 is 9.88 Å². The first kappa shape index (κ1) is 18.2. The van der Waals surface area contributed by atoms with Gasteiger partial charge in [0.1, 0.15) is 5.65 Å². The highest BCUT2D eigenvalue weighted by atomic mass is 16.1. The molecule has 0 spiro atoms. The fourth-order valence-corrected chi connectivity index (χ4v) is 3.45. The number of carbonyl (C=O) groups excluding carboxylic acids is 1. The SMILES string of the molecule is Cc1cc(C)cc(C(=O)NCCc2cn(CC(C)C)c3ncccc23)c1. The lowest BCUT2D eigenvalue weighted by molar-refractivity contribution is 0.0954. The summed E-state index contributed by atoms with van der Waals surface area (Å²) in [5.74, 6) is 0.547. The van der Waals surface area contributed by atoms with Gasteiger partial charge in [0.05, 0.1) is 0 Å². The number of rotatable bonds is 6. The van der Waals surface area contributed by atoms with Gasteiger partial charge in [-0.25, -0.2) is 4.98 Å². The average Bonchev–Trinajstić information content (AvgIpc) is 2.91. The zero-order valence-electron chi connectivity index (χ0n) is 16.0. The molecule has 0 fully saturated rings. The Morgan fingerprint density at radius 3 is 2.62 bits per heavy atom. The molecule has 0 unspecified atom stereocenters. The molecule has 0 aliphatic rings. The first-order chi connectivity index (χ1) is 12.4.